The Kier molecular flexibility index (Phi) is 13.7. The molecule has 8 nitrogen and oxygen atoms in total. The molecule has 2 aliphatic rings. The van der Waals surface area contributed by atoms with Gasteiger partial charge in [0.2, 0.25) is 11.4 Å². The zero-order chi connectivity index (χ0) is 33.2. The van der Waals surface area contributed by atoms with E-state index in [1.807, 2.05) is 25.1 Å². The summed E-state index contributed by atoms with van der Waals surface area (Å²) in [5.41, 5.74) is 0.483. The fourth-order valence-corrected chi connectivity index (χ4v) is 6.18. The van der Waals surface area contributed by atoms with Gasteiger partial charge in [0.05, 0.1) is 19.8 Å². The minimum atomic E-state index is -1.58. The zero-order valence-corrected chi connectivity index (χ0v) is 28.7. The Hall–Kier alpha value is -2.27. The zero-order valence-electron chi connectivity index (χ0n) is 27.9. The van der Waals surface area contributed by atoms with Gasteiger partial charge in [-0.25, -0.2) is 9.18 Å². The predicted octanol–water partition coefficient (Wildman–Crippen LogP) is 7.54. The van der Waals surface area contributed by atoms with E-state index in [-0.39, 0.29) is 19.0 Å². The van der Waals surface area contributed by atoms with Crippen LogP contribution in [0.3, 0.4) is 0 Å². The van der Waals surface area contributed by atoms with Crippen molar-refractivity contribution in [1.29, 1.82) is 0 Å². The molecule has 0 radical (unpaired) electrons. The Labute approximate surface area is 278 Å². The van der Waals surface area contributed by atoms with E-state index in [0.717, 1.165) is 49.7 Å². The summed E-state index contributed by atoms with van der Waals surface area (Å²) in [6.07, 6.45) is 3.27. The second-order valence-corrected chi connectivity index (χ2v) is 12.2. The maximum Gasteiger partial charge on any atom is 0.343 e. The number of fused-ring (bicyclic) bond motifs is 2. The van der Waals surface area contributed by atoms with Crippen LogP contribution < -0.4 is 4.74 Å². The first kappa shape index (κ1) is 36.6. The molecule has 2 fully saturated rings. The molecule has 0 aromatic heterocycles. The molecular weight excluding hydrogens is 615 g/mol. The number of ether oxygens (including phenoxy) is 7. The summed E-state index contributed by atoms with van der Waals surface area (Å²) in [4.78, 5) is 13.8. The first-order chi connectivity index (χ1) is 22.3. The van der Waals surface area contributed by atoms with Crippen molar-refractivity contribution in [2.24, 2.45) is 0 Å². The number of hydrogen-bond acceptors (Lipinski definition) is 8. The highest BCUT2D eigenvalue weighted by Crippen LogP contribution is 2.53. The number of halogens is 2. The number of carbonyl (C=O) groups excluding carboxylic acids is 1. The smallest absolute Gasteiger partial charge is 0.343 e. The lowest BCUT2D eigenvalue weighted by Gasteiger charge is -2.50. The van der Waals surface area contributed by atoms with Crippen LogP contribution in [-0.4, -0.2) is 69.5 Å². The Morgan fingerprint density at radius 2 is 1.57 bits per heavy atom. The molecule has 0 unspecified atom stereocenters. The van der Waals surface area contributed by atoms with Gasteiger partial charge in [-0.3, -0.25) is 0 Å². The van der Waals surface area contributed by atoms with Crippen LogP contribution in [-0.2, 0) is 45.4 Å². The van der Waals surface area contributed by atoms with Crippen LogP contribution in [0.2, 0.25) is 5.02 Å². The molecule has 0 saturated carbocycles. The molecule has 2 aromatic carbocycles. The van der Waals surface area contributed by atoms with Gasteiger partial charge in [-0.05, 0) is 74.9 Å². The van der Waals surface area contributed by atoms with Crippen molar-refractivity contribution in [1.82, 2.24) is 0 Å². The molecule has 2 aliphatic heterocycles. The highest BCUT2D eigenvalue weighted by atomic mass is 35.5. The van der Waals surface area contributed by atoms with Crippen LogP contribution in [0.25, 0.3) is 0 Å². The van der Waals surface area contributed by atoms with E-state index in [1.54, 1.807) is 19.1 Å². The van der Waals surface area contributed by atoms with E-state index in [2.05, 4.69) is 20.8 Å². The van der Waals surface area contributed by atoms with Gasteiger partial charge in [0, 0.05) is 30.4 Å². The first-order valence-electron chi connectivity index (χ1n) is 16.9. The number of hydrogen-bond donors (Lipinski definition) is 0. The molecule has 2 heterocycles. The largest absolute Gasteiger partial charge is 0.491 e. The van der Waals surface area contributed by atoms with Crippen molar-refractivity contribution in [3.05, 3.63) is 63.9 Å². The number of unbranched alkanes of at least 4 members (excludes halogenated alkanes) is 3. The lowest BCUT2D eigenvalue weighted by atomic mass is 9.82. The van der Waals surface area contributed by atoms with Crippen LogP contribution in [0.1, 0.15) is 89.8 Å². The summed E-state index contributed by atoms with van der Waals surface area (Å²) in [5.74, 6) is -2.32. The summed E-state index contributed by atoms with van der Waals surface area (Å²) >= 11 is 6.72. The summed E-state index contributed by atoms with van der Waals surface area (Å²) in [5, 5.41) is 0.500. The molecule has 4 rings (SSSR count). The molecule has 0 N–H and O–H groups in total. The average Bonchev–Trinajstić information content (AvgIpc) is 3.41. The SMILES string of the molecule is CCCCO[C@@H]1[C@@H](OCCCC)[C@@]2(c3ccc(Cl)c(Cc4ccc(OCC)c(F)c4)c3)OC[C@](C(=O)OCC)(O2)[C@H]1OCCCC. The van der Waals surface area contributed by atoms with Crippen molar-refractivity contribution < 1.29 is 42.3 Å². The second kappa shape index (κ2) is 17.2. The summed E-state index contributed by atoms with van der Waals surface area (Å²) in [6.45, 7) is 11.6. The van der Waals surface area contributed by atoms with E-state index >= 15 is 0 Å². The second-order valence-electron chi connectivity index (χ2n) is 11.8. The average molecular weight is 665 g/mol. The van der Waals surface area contributed by atoms with Gasteiger partial charge in [-0.15, -0.1) is 0 Å². The molecule has 0 spiro atoms. The Morgan fingerprint density at radius 3 is 2.20 bits per heavy atom. The molecule has 46 heavy (non-hydrogen) atoms. The van der Waals surface area contributed by atoms with Crippen molar-refractivity contribution in [2.75, 3.05) is 39.6 Å². The molecule has 0 aliphatic carbocycles. The third kappa shape index (κ3) is 7.88. The van der Waals surface area contributed by atoms with Crippen LogP contribution in [0.15, 0.2) is 36.4 Å². The van der Waals surface area contributed by atoms with Gasteiger partial charge < -0.3 is 33.2 Å². The van der Waals surface area contributed by atoms with Crippen LogP contribution in [0.4, 0.5) is 4.39 Å². The predicted molar refractivity (Wildman–Crippen MR) is 174 cm³/mol. The molecule has 0 amide bonds. The maximum atomic E-state index is 14.7. The fraction of sp³-hybridized carbons (Fsp3) is 0.639. The molecule has 10 heteroatoms. The van der Waals surface area contributed by atoms with E-state index in [4.69, 9.17) is 44.8 Å². The van der Waals surface area contributed by atoms with Gasteiger partial charge >= 0.3 is 5.97 Å². The first-order valence-corrected chi connectivity index (χ1v) is 17.2. The van der Waals surface area contributed by atoms with Gasteiger partial charge in [-0.1, -0.05) is 63.8 Å². The van der Waals surface area contributed by atoms with E-state index in [9.17, 15) is 9.18 Å². The standard InChI is InChI=1S/C36H50ClFO8/c1-6-11-18-42-31-32(43-19-12-7-2)35(34(39)41-10-5)24-45-36(46-35,33(31)44-20-13-8-3)27-15-16-28(37)26(23-27)21-25-14-17-30(40-9-4)29(38)22-25/h14-17,22-23,31-33H,6-13,18-21,24H2,1-5H3/t31-,32-,33+,35-,36-/m0/s1. The van der Waals surface area contributed by atoms with Crippen LogP contribution in [0, 0.1) is 5.82 Å². The Morgan fingerprint density at radius 1 is 0.891 bits per heavy atom. The molecule has 256 valence electrons. The monoisotopic (exact) mass is 664 g/mol. The van der Waals surface area contributed by atoms with Crippen molar-refractivity contribution in [3.8, 4) is 5.75 Å². The van der Waals surface area contributed by atoms with Crippen LogP contribution in [0.5, 0.6) is 5.75 Å². The van der Waals surface area contributed by atoms with E-state index < -0.39 is 41.5 Å². The van der Waals surface area contributed by atoms with Gasteiger partial charge in [0.1, 0.15) is 18.3 Å². The number of rotatable bonds is 19. The van der Waals surface area contributed by atoms with E-state index in [0.29, 0.717) is 43.4 Å². The Balaban J connectivity index is 1.81. The van der Waals surface area contributed by atoms with Crippen LogP contribution >= 0.6 is 11.6 Å². The summed E-state index contributed by atoms with van der Waals surface area (Å²) in [6, 6.07) is 10.4. The highest BCUT2D eigenvalue weighted by Gasteiger charge is 2.73. The molecule has 2 aromatic rings. The highest BCUT2D eigenvalue weighted by molar-refractivity contribution is 6.31. The lowest BCUT2D eigenvalue weighted by Crippen LogP contribution is -2.69. The van der Waals surface area contributed by atoms with E-state index in [1.165, 1.54) is 6.07 Å². The third-order valence-corrected chi connectivity index (χ3v) is 8.79. The minimum Gasteiger partial charge on any atom is -0.491 e. The molecule has 2 saturated heterocycles. The number of esters is 1. The molecular formula is C36H50ClFO8. The van der Waals surface area contributed by atoms with Gasteiger partial charge in [0.25, 0.3) is 0 Å². The molecule has 2 bridgehead atoms. The quantitative estimate of drug-likeness (QED) is 0.113. The Bertz CT molecular complexity index is 1280. The molecule has 5 atom stereocenters. The third-order valence-electron chi connectivity index (χ3n) is 8.42. The van der Waals surface area contributed by atoms with Crippen molar-refractivity contribution >= 4 is 17.6 Å². The maximum absolute atomic E-state index is 14.7. The lowest BCUT2D eigenvalue weighted by molar-refractivity contribution is -0.342. The normalized spacial score (nSPS) is 25.5. The van der Waals surface area contributed by atoms with Crippen molar-refractivity contribution in [2.45, 2.75) is 109 Å². The topological polar surface area (TPSA) is 81.7 Å². The summed E-state index contributed by atoms with van der Waals surface area (Å²) < 4.78 is 58.9. The van der Waals surface area contributed by atoms with Gasteiger partial charge in [0.15, 0.2) is 11.6 Å². The number of carbonyl (C=O) groups is 1. The minimum absolute atomic E-state index is 0.105. The summed E-state index contributed by atoms with van der Waals surface area (Å²) in [7, 11) is 0. The fourth-order valence-electron chi connectivity index (χ4n) is 6.00. The van der Waals surface area contributed by atoms with Crippen molar-refractivity contribution in [3.63, 3.8) is 0 Å². The van der Waals surface area contributed by atoms with Gasteiger partial charge in [-0.2, -0.15) is 0 Å². The number of benzene rings is 2.